The summed E-state index contributed by atoms with van der Waals surface area (Å²) in [5.74, 6) is 1.34. The summed E-state index contributed by atoms with van der Waals surface area (Å²) in [5.41, 5.74) is 0. The molecule has 5 heteroatoms. The van der Waals surface area contributed by atoms with Gasteiger partial charge < -0.3 is 19.7 Å². The van der Waals surface area contributed by atoms with E-state index in [0.717, 1.165) is 18.7 Å². The molecular formula is C20H32N2O3. The lowest BCUT2D eigenvalue weighted by atomic mass is 10.2. The maximum absolute atomic E-state index is 12.4. The van der Waals surface area contributed by atoms with Crippen LogP contribution in [-0.4, -0.2) is 50.2 Å². The van der Waals surface area contributed by atoms with Crippen molar-refractivity contribution in [1.29, 1.82) is 0 Å². The molecule has 25 heavy (non-hydrogen) atoms. The second kappa shape index (κ2) is 11.0. The molecule has 1 aromatic carbocycles. The minimum absolute atomic E-state index is 0.0406. The molecule has 2 rings (SSSR count). The number of carbonyl (C=O) groups excluding carboxylic acids is 1. The summed E-state index contributed by atoms with van der Waals surface area (Å²) < 4.78 is 11.0. The number of methoxy groups -OCH3 is 1. The fourth-order valence-corrected chi connectivity index (χ4v) is 3.15. The molecule has 0 unspecified atom stereocenters. The summed E-state index contributed by atoms with van der Waals surface area (Å²) in [7, 11) is 1.62. The first-order chi connectivity index (χ1) is 12.2. The van der Waals surface area contributed by atoms with Gasteiger partial charge in [0, 0.05) is 12.6 Å². The van der Waals surface area contributed by atoms with Gasteiger partial charge in [0.1, 0.15) is 11.5 Å². The highest BCUT2D eigenvalue weighted by molar-refractivity contribution is 5.81. The number of hydrogen-bond acceptors (Lipinski definition) is 4. The SMILES string of the molecule is CC[C@@H](Oc1cccc(OC)c1)C(=O)NCCCN1CCCCCC1. The molecule has 0 aromatic heterocycles. The van der Waals surface area contributed by atoms with Crippen LogP contribution in [-0.2, 0) is 4.79 Å². The minimum Gasteiger partial charge on any atom is -0.497 e. The maximum Gasteiger partial charge on any atom is 0.261 e. The van der Waals surface area contributed by atoms with Crippen molar-refractivity contribution in [2.45, 2.75) is 51.6 Å². The molecule has 1 aromatic rings. The number of ether oxygens (including phenoxy) is 2. The number of amides is 1. The molecular weight excluding hydrogens is 316 g/mol. The minimum atomic E-state index is -0.467. The van der Waals surface area contributed by atoms with Gasteiger partial charge in [0.05, 0.1) is 7.11 Å². The molecule has 1 heterocycles. The quantitative estimate of drug-likeness (QED) is 0.696. The first-order valence-corrected chi connectivity index (χ1v) is 9.53. The monoisotopic (exact) mass is 348 g/mol. The van der Waals surface area contributed by atoms with Gasteiger partial charge in [-0.2, -0.15) is 0 Å². The fourth-order valence-electron chi connectivity index (χ4n) is 3.15. The molecule has 0 radical (unpaired) electrons. The van der Waals surface area contributed by atoms with Crippen molar-refractivity contribution in [3.05, 3.63) is 24.3 Å². The first kappa shape index (κ1) is 19.6. The summed E-state index contributed by atoms with van der Waals surface area (Å²) in [5, 5.41) is 3.02. The summed E-state index contributed by atoms with van der Waals surface area (Å²) in [6, 6.07) is 7.36. The molecule has 1 fully saturated rings. The van der Waals surface area contributed by atoms with Gasteiger partial charge in [0.15, 0.2) is 6.10 Å². The lowest BCUT2D eigenvalue weighted by Crippen LogP contribution is -2.39. The molecule has 5 nitrogen and oxygen atoms in total. The number of likely N-dealkylation sites (tertiary alicyclic amines) is 1. The van der Waals surface area contributed by atoms with Crippen LogP contribution in [0.1, 0.15) is 45.4 Å². The maximum atomic E-state index is 12.4. The van der Waals surface area contributed by atoms with E-state index in [0.29, 0.717) is 18.7 Å². The second-order valence-electron chi connectivity index (χ2n) is 6.59. The number of hydrogen-bond donors (Lipinski definition) is 1. The molecule has 0 spiro atoms. The van der Waals surface area contributed by atoms with Crippen LogP contribution in [0.2, 0.25) is 0 Å². The van der Waals surface area contributed by atoms with Crippen LogP contribution < -0.4 is 14.8 Å². The van der Waals surface area contributed by atoms with Gasteiger partial charge in [-0.15, -0.1) is 0 Å². The van der Waals surface area contributed by atoms with Crippen LogP contribution in [0.4, 0.5) is 0 Å². The molecule has 1 N–H and O–H groups in total. The highest BCUT2D eigenvalue weighted by Gasteiger charge is 2.18. The van der Waals surface area contributed by atoms with E-state index in [1.165, 1.54) is 38.8 Å². The van der Waals surface area contributed by atoms with Crippen molar-refractivity contribution < 1.29 is 14.3 Å². The number of carbonyl (C=O) groups is 1. The third-order valence-electron chi connectivity index (χ3n) is 4.63. The predicted molar refractivity (Wildman–Crippen MR) is 100 cm³/mol. The van der Waals surface area contributed by atoms with Crippen molar-refractivity contribution in [2.24, 2.45) is 0 Å². The summed E-state index contributed by atoms with van der Waals surface area (Å²) in [6.45, 7) is 6.12. The number of benzene rings is 1. The van der Waals surface area contributed by atoms with Gasteiger partial charge in [0.25, 0.3) is 5.91 Å². The van der Waals surface area contributed by atoms with E-state index in [-0.39, 0.29) is 5.91 Å². The van der Waals surface area contributed by atoms with Crippen molar-refractivity contribution in [3.8, 4) is 11.5 Å². The summed E-state index contributed by atoms with van der Waals surface area (Å²) >= 11 is 0. The van der Waals surface area contributed by atoms with Crippen molar-refractivity contribution in [3.63, 3.8) is 0 Å². The average molecular weight is 348 g/mol. The first-order valence-electron chi connectivity index (χ1n) is 9.53. The van der Waals surface area contributed by atoms with Crippen LogP contribution in [0.3, 0.4) is 0 Å². The van der Waals surface area contributed by atoms with Crippen molar-refractivity contribution in [1.82, 2.24) is 10.2 Å². The number of nitrogens with one attached hydrogen (secondary N) is 1. The molecule has 1 amide bonds. The third kappa shape index (κ3) is 6.94. The van der Waals surface area contributed by atoms with Gasteiger partial charge in [-0.3, -0.25) is 4.79 Å². The Kier molecular flexibility index (Phi) is 8.60. The lowest BCUT2D eigenvalue weighted by Gasteiger charge is -2.20. The Balaban J connectivity index is 1.71. The van der Waals surface area contributed by atoms with Gasteiger partial charge in [0.2, 0.25) is 0 Å². The Hall–Kier alpha value is -1.75. The topological polar surface area (TPSA) is 50.8 Å². The zero-order valence-electron chi connectivity index (χ0n) is 15.6. The van der Waals surface area contributed by atoms with E-state index >= 15 is 0 Å². The average Bonchev–Trinajstić information content (AvgIpc) is 2.92. The highest BCUT2D eigenvalue weighted by atomic mass is 16.5. The molecule has 1 aliphatic rings. The standard InChI is InChI=1S/C20H32N2O3/c1-3-19(25-18-11-8-10-17(16-18)24-2)20(23)21-12-9-15-22-13-6-4-5-7-14-22/h8,10-11,16,19H,3-7,9,12-15H2,1-2H3,(H,21,23)/t19-/m1/s1. The zero-order chi connectivity index (χ0) is 17.9. The Bertz CT molecular complexity index is 513. The van der Waals surface area contributed by atoms with Crippen LogP contribution >= 0.6 is 0 Å². The van der Waals surface area contributed by atoms with Gasteiger partial charge in [-0.25, -0.2) is 0 Å². The van der Waals surface area contributed by atoms with Gasteiger partial charge in [-0.1, -0.05) is 25.8 Å². The molecule has 1 aliphatic heterocycles. The third-order valence-corrected chi connectivity index (χ3v) is 4.63. The molecule has 0 aliphatic carbocycles. The molecule has 0 bridgehead atoms. The fraction of sp³-hybridized carbons (Fsp3) is 0.650. The van der Waals surface area contributed by atoms with Crippen molar-refractivity contribution >= 4 is 5.91 Å². The zero-order valence-corrected chi connectivity index (χ0v) is 15.6. The van der Waals surface area contributed by atoms with E-state index in [9.17, 15) is 4.79 Å². The number of rotatable bonds is 9. The molecule has 1 atom stereocenters. The number of nitrogens with zero attached hydrogens (tertiary/aromatic N) is 1. The van der Waals surface area contributed by atoms with E-state index in [4.69, 9.17) is 9.47 Å². The summed E-state index contributed by atoms with van der Waals surface area (Å²) in [4.78, 5) is 14.9. The van der Waals surface area contributed by atoms with Crippen LogP contribution in [0.25, 0.3) is 0 Å². The van der Waals surface area contributed by atoms with Crippen LogP contribution in [0.5, 0.6) is 11.5 Å². The molecule has 1 saturated heterocycles. The Labute approximate surface area is 151 Å². The van der Waals surface area contributed by atoms with Crippen LogP contribution in [0, 0.1) is 0 Å². The van der Waals surface area contributed by atoms with E-state index in [2.05, 4.69) is 10.2 Å². The van der Waals surface area contributed by atoms with Gasteiger partial charge in [-0.05, 0) is 57.5 Å². The predicted octanol–water partition coefficient (Wildman–Crippen LogP) is 3.23. The Morgan fingerprint density at radius 3 is 2.60 bits per heavy atom. The second-order valence-corrected chi connectivity index (χ2v) is 6.59. The van der Waals surface area contributed by atoms with Crippen molar-refractivity contribution in [2.75, 3.05) is 33.3 Å². The normalized spacial score (nSPS) is 16.7. The summed E-state index contributed by atoms with van der Waals surface area (Å²) in [6.07, 6.45) is 6.47. The van der Waals surface area contributed by atoms with E-state index in [1.54, 1.807) is 13.2 Å². The Morgan fingerprint density at radius 1 is 1.20 bits per heavy atom. The van der Waals surface area contributed by atoms with E-state index < -0.39 is 6.10 Å². The lowest BCUT2D eigenvalue weighted by molar-refractivity contribution is -0.128. The highest BCUT2D eigenvalue weighted by Crippen LogP contribution is 2.20. The van der Waals surface area contributed by atoms with E-state index in [1.807, 2.05) is 25.1 Å². The Morgan fingerprint density at radius 2 is 1.92 bits per heavy atom. The largest absolute Gasteiger partial charge is 0.497 e. The van der Waals surface area contributed by atoms with Gasteiger partial charge >= 0.3 is 0 Å². The van der Waals surface area contributed by atoms with Crippen LogP contribution in [0.15, 0.2) is 24.3 Å². The molecule has 140 valence electrons. The smallest absolute Gasteiger partial charge is 0.261 e. The molecule has 0 saturated carbocycles.